The molecule has 0 amide bonds. The number of carbonyl (C=O) groups excluding carboxylic acids is 1. The van der Waals surface area contributed by atoms with Crippen LogP contribution in [0, 0.1) is 5.92 Å². The molecule has 0 saturated carbocycles. The zero-order chi connectivity index (χ0) is 11.1. The molecule has 0 radical (unpaired) electrons. The second-order valence-corrected chi connectivity index (χ2v) is 4.50. The number of nitrogens with one attached hydrogen (secondary N) is 1. The minimum absolute atomic E-state index is 0.0436. The number of hydrogen-bond donors (Lipinski definition) is 1. The van der Waals surface area contributed by atoms with E-state index in [4.69, 9.17) is 0 Å². The summed E-state index contributed by atoms with van der Waals surface area (Å²) in [5.41, 5.74) is 0. The Morgan fingerprint density at radius 1 is 1.53 bits per heavy atom. The highest BCUT2D eigenvalue weighted by atomic mass is 19.3. The van der Waals surface area contributed by atoms with Gasteiger partial charge in [0.05, 0.1) is 13.2 Å². The van der Waals surface area contributed by atoms with Crippen molar-refractivity contribution in [3.8, 4) is 0 Å². The minimum Gasteiger partial charge on any atom is -0.469 e. The van der Waals surface area contributed by atoms with E-state index in [1.54, 1.807) is 0 Å². The lowest BCUT2D eigenvalue weighted by atomic mass is 9.89. The highest BCUT2D eigenvalue weighted by molar-refractivity contribution is 5.69. The van der Waals surface area contributed by atoms with Gasteiger partial charge < -0.3 is 10.1 Å². The van der Waals surface area contributed by atoms with E-state index in [1.807, 2.05) is 0 Å². The first kappa shape index (κ1) is 10.8. The number of rotatable bonds is 2. The zero-order valence-electron chi connectivity index (χ0n) is 8.63. The average Bonchev–Trinajstić information content (AvgIpc) is 2.35. The maximum absolute atomic E-state index is 13.3. The normalized spacial score (nSPS) is 37.7. The fraction of sp³-hybridized carbons (Fsp3) is 0.900. The Hall–Kier alpha value is -0.710. The molecule has 0 spiro atoms. The van der Waals surface area contributed by atoms with Crippen LogP contribution in [0.1, 0.15) is 25.7 Å². The lowest BCUT2D eigenvalue weighted by molar-refractivity contribution is -0.142. The lowest BCUT2D eigenvalue weighted by Gasteiger charge is -2.28. The first-order valence-corrected chi connectivity index (χ1v) is 5.22. The number of hydrogen-bond acceptors (Lipinski definition) is 3. The summed E-state index contributed by atoms with van der Waals surface area (Å²) in [5, 5.41) is 2.90. The molecule has 0 unspecified atom stereocenters. The molecule has 2 aliphatic rings. The topological polar surface area (TPSA) is 38.3 Å². The van der Waals surface area contributed by atoms with Crippen molar-refractivity contribution in [2.45, 2.75) is 43.7 Å². The smallest absolute Gasteiger partial charge is 0.305 e. The van der Waals surface area contributed by atoms with Gasteiger partial charge in [-0.05, 0) is 18.8 Å². The fourth-order valence-electron chi connectivity index (χ4n) is 2.65. The Labute approximate surface area is 87.2 Å². The van der Waals surface area contributed by atoms with E-state index < -0.39 is 12.0 Å². The Bertz CT molecular complexity index is 270. The molecule has 0 aromatic heterocycles. The predicted molar refractivity (Wildman–Crippen MR) is 49.6 cm³/mol. The Morgan fingerprint density at radius 2 is 2.27 bits per heavy atom. The van der Waals surface area contributed by atoms with E-state index >= 15 is 0 Å². The molecule has 3 atom stereocenters. The molecular weight excluding hydrogens is 204 g/mol. The van der Waals surface area contributed by atoms with E-state index in [-0.39, 0.29) is 30.8 Å². The zero-order valence-corrected chi connectivity index (χ0v) is 8.63. The van der Waals surface area contributed by atoms with Gasteiger partial charge in [0.1, 0.15) is 0 Å². The standard InChI is InChI=1S/C10H15F2NO2/c1-15-9(14)4-6-2-7-5-10(11,12)8(3-6)13-7/h6-8,13H,2-5H2,1H3/t6-,7-,8+/m1/s1. The first-order chi connectivity index (χ1) is 7.01. The molecule has 2 fully saturated rings. The highest BCUT2D eigenvalue weighted by Gasteiger charge is 2.52. The summed E-state index contributed by atoms with van der Waals surface area (Å²) in [5.74, 6) is -2.86. The summed E-state index contributed by atoms with van der Waals surface area (Å²) < 4.78 is 31.2. The molecule has 2 heterocycles. The van der Waals surface area contributed by atoms with Crippen molar-refractivity contribution in [1.82, 2.24) is 5.32 Å². The first-order valence-electron chi connectivity index (χ1n) is 5.22. The van der Waals surface area contributed by atoms with Crippen LogP contribution in [0.25, 0.3) is 0 Å². The molecule has 0 aliphatic carbocycles. The summed E-state index contributed by atoms with van der Waals surface area (Å²) in [7, 11) is 1.33. The monoisotopic (exact) mass is 219 g/mol. The van der Waals surface area contributed by atoms with Crippen molar-refractivity contribution in [2.75, 3.05) is 7.11 Å². The SMILES string of the molecule is COC(=O)C[C@@H]1C[C@@H]2CC(F)(F)[C@H](C1)N2. The molecule has 1 N–H and O–H groups in total. The third kappa shape index (κ3) is 2.12. The van der Waals surface area contributed by atoms with Crippen LogP contribution in [-0.4, -0.2) is 31.1 Å². The van der Waals surface area contributed by atoms with Crippen LogP contribution in [0.5, 0.6) is 0 Å². The average molecular weight is 219 g/mol. The van der Waals surface area contributed by atoms with Crippen LogP contribution in [0.15, 0.2) is 0 Å². The molecule has 86 valence electrons. The Balaban J connectivity index is 1.95. The van der Waals surface area contributed by atoms with Crippen LogP contribution in [-0.2, 0) is 9.53 Å². The molecule has 2 aliphatic heterocycles. The fourth-order valence-corrected chi connectivity index (χ4v) is 2.65. The van der Waals surface area contributed by atoms with Gasteiger partial charge in [-0.15, -0.1) is 0 Å². The van der Waals surface area contributed by atoms with Crippen LogP contribution in [0.4, 0.5) is 8.78 Å². The maximum atomic E-state index is 13.3. The van der Waals surface area contributed by atoms with Gasteiger partial charge in [0.25, 0.3) is 5.92 Å². The number of esters is 1. The third-order valence-corrected chi connectivity index (χ3v) is 3.34. The van der Waals surface area contributed by atoms with Gasteiger partial charge >= 0.3 is 5.97 Å². The molecular formula is C10H15F2NO2. The van der Waals surface area contributed by atoms with Crippen molar-refractivity contribution in [3.05, 3.63) is 0 Å². The largest absolute Gasteiger partial charge is 0.469 e. The molecule has 2 bridgehead atoms. The molecule has 2 rings (SSSR count). The Morgan fingerprint density at radius 3 is 2.87 bits per heavy atom. The minimum atomic E-state index is -2.60. The van der Waals surface area contributed by atoms with Gasteiger partial charge in [-0.25, -0.2) is 8.78 Å². The molecule has 0 aromatic carbocycles. The summed E-state index contributed by atoms with van der Waals surface area (Å²) >= 11 is 0. The van der Waals surface area contributed by atoms with Gasteiger partial charge in [-0.1, -0.05) is 0 Å². The van der Waals surface area contributed by atoms with Gasteiger partial charge in [0, 0.05) is 18.9 Å². The molecule has 15 heavy (non-hydrogen) atoms. The second kappa shape index (κ2) is 3.70. The van der Waals surface area contributed by atoms with Crippen LogP contribution in [0.3, 0.4) is 0 Å². The van der Waals surface area contributed by atoms with Gasteiger partial charge in [-0.3, -0.25) is 4.79 Å². The summed E-state index contributed by atoms with van der Waals surface area (Å²) in [6, 6.07) is -0.876. The third-order valence-electron chi connectivity index (χ3n) is 3.34. The van der Waals surface area contributed by atoms with Gasteiger partial charge in [-0.2, -0.15) is 0 Å². The second-order valence-electron chi connectivity index (χ2n) is 4.50. The van der Waals surface area contributed by atoms with Crippen LogP contribution < -0.4 is 5.32 Å². The molecule has 3 nitrogen and oxygen atoms in total. The summed E-state index contributed by atoms with van der Waals surface area (Å²) in [6.45, 7) is 0. The van der Waals surface area contributed by atoms with E-state index in [2.05, 4.69) is 10.1 Å². The van der Waals surface area contributed by atoms with Crippen molar-refractivity contribution < 1.29 is 18.3 Å². The van der Waals surface area contributed by atoms with E-state index in [9.17, 15) is 13.6 Å². The number of ether oxygens (including phenoxy) is 1. The maximum Gasteiger partial charge on any atom is 0.305 e. The molecule has 0 aromatic rings. The van der Waals surface area contributed by atoms with E-state index in [0.717, 1.165) is 0 Å². The molecule has 5 heteroatoms. The van der Waals surface area contributed by atoms with E-state index in [0.29, 0.717) is 12.8 Å². The quantitative estimate of drug-likeness (QED) is 0.712. The van der Waals surface area contributed by atoms with Crippen LogP contribution >= 0.6 is 0 Å². The number of methoxy groups -OCH3 is 1. The van der Waals surface area contributed by atoms with Gasteiger partial charge in [0.2, 0.25) is 0 Å². The number of carbonyl (C=O) groups is 1. The van der Waals surface area contributed by atoms with Crippen molar-refractivity contribution in [3.63, 3.8) is 0 Å². The van der Waals surface area contributed by atoms with Gasteiger partial charge in [0.15, 0.2) is 0 Å². The number of fused-ring (bicyclic) bond motifs is 2. The summed E-state index contributed by atoms with van der Waals surface area (Å²) in [6.07, 6.45) is 1.20. The van der Waals surface area contributed by atoms with Crippen LogP contribution in [0.2, 0.25) is 0 Å². The number of alkyl halides is 2. The predicted octanol–water partition coefficient (Wildman–Crippen LogP) is 1.33. The van der Waals surface area contributed by atoms with Crippen molar-refractivity contribution in [2.24, 2.45) is 5.92 Å². The number of halogens is 2. The summed E-state index contributed by atoms with van der Waals surface area (Å²) in [4.78, 5) is 11.0. The Kier molecular flexibility index (Phi) is 2.66. The number of piperidine rings is 1. The van der Waals surface area contributed by atoms with Crippen molar-refractivity contribution >= 4 is 5.97 Å². The molecule has 2 saturated heterocycles. The lowest BCUT2D eigenvalue weighted by Crippen LogP contribution is -2.43. The highest BCUT2D eigenvalue weighted by Crippen LogP contribution is 2.42. The van der Waals surface area contributed by atoms with E-state index in [1.165, 1.54) is 7.11 Å². The van der Waals surface area contributed by atoms with Crippen molar-refractivity contribution in [1.29, 1.82) is 0 Å².